The van der Waals surface area contributed by atoms with Gasteiger partial charge in [0.2, 0.25) is 5.91 Å². The molecule has 1 rings (SSSR count). The van der Waals surface area contributed by atoms with Gasteiger partial charge in [-0.15, -0.1) is 11.3 Å². The zero-order valence-corrected chi connectivity index (χ0v) is 12.7. The molecule has 1 amide bonds. The maximum Gasteiger partial charge on any atom is 0.220 e. The zero-order chi connectivity index (χ0) is 12.5. The summed E-state index contributed by atoms with van der Waals surface area (Å²) < 4.78 is 1.09. The van der Waals surface area contributed by atoms with Crippen LogP contribution in [-0.4, -0.2) is 5.91 Å². The molecule has 1 N–H and O–H groups in total. The zero-order valence-electron chi connectivity index (χ0n) is 10.3. The molecule has 1 aromatic heterocycles. The Morgan fingerprint density at radius 3 is 2.76 bits per heavy atom. The smallest absolute Gasteiger partial charge is 0.220 e. The molecule has 0 radical (unpaired) electrons. The molecule has 0 saturated heterocycles. The first kappa shape index (κ1) is 14.7. The van der Waals surface area contributed by atoms with Crippen LogP contribution in [0.4, 0.5) is 0 Å². The molecule has 1 heterocycles. The van der Waals surface area contributed by atoms with Crippen LogP contribution >= 0.6 is 27.3 Å². The average molecular weight is 318 g/mol. The van der Waals surface area contributed by atoms with Crippen molar-refractivity contribution >= 4 is 33.2 Å². The maximum atomic E-state index is 11.6. The highest BCUT2D eigenvalue weighted by Gasteiger charge is 2.04. The summed E-state index contributed by atoms with van der Waals surface area (Å²) in [6, 6.07) is 2.01. The lowest BCUT2D eigenvalue weighted by Gasteiger charge is -2.04. The Kier molecular flexibility index (Phi) is 7.53. The molecule has 0 aromatic carbocycles. The number of amides is 1. The summed E-state index contributed by atoms with van der Waals surface area (Å²) in [7, 11) is 0. The van der Waals surface area contributed by atoms with Crippen molar-refractivity contribution in [1.29, 1.82) is 0 Å². The van der Waals surface area contributed by atoms with Gasteiger partial charge in [0.05, 0.1) is 6.54 Å². The van der Waals surface area contributed by atoms with E-state index < -0.39 is 0 Å². The number of nitrogens with one attached hydrogen (secondary N) is 1. The molecule has 0 aliphatic rings. The second-order valence-electron chi connectivity index (χ2n) is 4.13. The van der Waals surface area contributed by atoms with Crippen molar-refractivity contribution in [2.24, 2.45) is 0 Å². The van der Waals surface area contributed by atoms with Crippen molar-refractivity contribution in [2.45, 2.75) is 52.0 Å². The lowest BCUT2D eigenvalue weighted by Crippen LogP contribution is -2.21. The second-order valence-corrected chi connectivity index (χ2v) is 5.99. The van der Waals surface area contributed by atoms with E-state index in [9.17, 15) is 4.79 Å². The van der Waals surface area contributed by atoms with Crippen LogP contribution in [0.1, 0.15) is 50.3 Å². The molecule has 0 saturated carbocycles. The molecule has 96 valence electrons. The number of carbonyl (C=O) groups excluding carboxylic acids is 1. The Morgan fingerprint density at radius 1 is 1.35 bits per heavy atom. The minimum Gasteiger partial charge on any atom is -0.351 e. The van der Waals surface area contributed by atoms with Crippen molar-refractivity contribution in [3.63, 3.8) is 0 Å². The van der Waals surface area contributed by atoms with E-state index in [-0.39, 0.29) is 5.91 Å². The van der Waals surface area contributed by atoms with E-state index in [1.165, 1.54) is 30.6 Å². The third-order valence-corrected chi connectivity index (χ3v) is 4.57. The van der Waals surface area contributed by atoms with Gasteiger partial charge in [0, 0.05) is 15.8 Å². The fourth-order valence-corrected chi connectivity index (χ4v) is 3.04. The highest BCUT2D eigenvalue weighted by atomic mass is 79.9. The lowest BCUT2D eigenvalue weighted by molar-refractivity contribution is -0.121. The standard InChI is InChI=1S/C13H20BrNOS/c1-2-3-4-5-6-7-13(16)15-10-12-11(14)8-9-17-12/h8-9H,2-7,10H2,1H3,(H,15,16). The van der Waals surface area contributed by atoms with Gasteiger partial charge in [-0.2, -0.15) is 0 Å². The molecule has 0 aliphatic carbocycles. The average Bonchev–Trinajstić information content (AvgIpc) is 2.72. The Balaban J connectivity index is 2.07. The third-order valence-electron chi connectivity index (χ3n) is 2.64. The summed E-state index contributed by atoms with van der Waals surface area (Å²) >= 11 is 5.12. The van der Waals surface area contributed by atoms with Gasteiger partial charge in [-0.05, 0) is 33.8 Å². The minimum absolute atomic E-state index is 0.168. The predicted octanol–water partition coefficient (Wildman–Crippen LogP) is 4.49. The number of halogens is 1. The molecule has 0 bridgehead atoms. The molecule has 4 heteroatoms. The predicted molar refractivity (Wildman–Crippen MR) is 77.2 cm³/mol. The van der Waals surface area contributed by atoms with Gasteiger partial charge in [0.25, 0.3) is 0 Å². The van der Waals surface area contributed by atoms with Crippen molar-refractivity contribution in [2.75, 3.05) is 0 Å². The first-order chi connectivity index (χ1) is 8.24. The quantitative estimate of drug-likeness (QED) is 0.703. The summed E-state index contributed by atoms with van der Waals surface area (Å²) in [6.07, 6.45) is 6.62. The van der Waals surface area contributed by atoms with E-state index in [4.69, 9.17) is 0 Å². The summed E-state index contributed by atoms with van der Waals surface area (Å²) in [6.45, 7) is 2.84. The van der Waals surface area contributed by atoms with Crippen LogP contribution in [0, 0.1) is 0 Å². The van der Waals surface area contributed by atoms with Crippen LogP contribution in [0.2, 0.25) is 0 Å². The second kappa shape index (κ2) is 8.70. The Bertz CT molecular complexity index is 338. The van der Waals surface area contributed by atoms with Crippen molar-refractivity contribution in [1.82, 2.24) is 5.32 Å². The molecule has 1 aromatic rings. The highest BCUT2D eigenvalue weighted by Crippen LogP contribution is 2.22. The molecule has 17 heavy (non-hydrogen) atoms. The third kappa shape index (κ3) is 6.22. The van der Waals surface area contributed by atoms with E-state index >= 15 is 0 Å². The molecule has 0 spiro atoms. The number of rotatable bonds is 8. The maximum absolute atomic E-state index is 11.6. The monoisotopic (exact) mass is 317 g/mol. The minimum atomic E-state index is 0.168. The van der Waals surface area contributed by atoms with Crippen molar-refractivity contribution < 1.29 is 4.79 Å². The number of thiophene rings is 1. The largest absolute Gasteiger partial charge is 0.351 e. The van der Waals surface area contributed by atoms with E-state index in [1.807, 2.05) is 11.4 Å². The Labute approximate surface area is 116 Å². The summed E-state index contributed by atoms with van der Waals surface area (Å²) in [5.41, 5.74) is 0. The van der Waals surface area contributed by atoms with Crippen molar-refractivity contribution in [3.05, 3.63) is 20.8 Å². The first-order valence-electron chi connectivity index (χ1n) is 6.22. The van der Waals surface area contributed by atoms with Crippen LogP contribution in [0.25, 0.3) is 0 Å². The van der Waals surface area contributed by atoms with Crippen LogP contribution in [0.15, 0.2) is 15.9 Å². The van der Waals surface area contributed by atoms with Crippen LogP contribution in [0.5, 0.6) is 0 Å². The molecular weight excluding hydrogens is 298 g/mol. The lowest BCUT2D eigenvalue weighted by atomic mass is 10.1. The Morgan fingerprint density at radius 2 is 2.12 bits per heavy atom. The number of hydrogen-bond donors (Lipinski definition) is 1. The van der Waals surface area contributed by atoms with Gasteiger partial charge in [-0.25, -0.2) is 0 Å². The number of unbranched alkanes of at least 4 members (excludes halogenated alkanes) is 4. The number of hydrogen-bond acceptors (Lipinski definition) is 2. The molecule has 0 atom stereocenters. The number of carbonyl (C=O) groups is 1. The van der Waals surface area contributed by atoms with E-state index in [0.717, 1.165) is 10.9 Å². The van der Waals surface area contributed by atoms with E-state index in [2.05, 4.69) is 28.2 Å². The molecule has 0 fully saturated rings. The van der Waals surface area contributed by atoms with Crippen molar-refractivity contribution in [3.8, 4) is 0 Å². The van der Waals surface area contributed by atoms with Gasteiger partial charge >= 0.3 is 0 Å². The molecule has 0 aliphatic heterocycles. The van der Waals surface area contributed by atoms with Gasteiger partial charge < -0.3 is 5.32 Å². The van der Waals surface area contributed by atoms with Crippen LogP contribution in [0.3, 0.4) is 0 Å². The summed E-state index contributed by atoms with van der Waals surface area (Å²) in [5, 5.41) is 4.98. The fourth-order valence-electron chi connectivity index (χ4n) is 1.61. The molecule has 2 nitrogen and oxygen atoms in total. The van der Waals surface area contributed by atoms with Crippen LogP contribution < -0.4 is 5.32 Å². The highest BCUT2D eigenvalue weighted by molar-refractivity contribution is 9.10. The van der Waals surface area contributed by atoms with Gasteiger partial charge in [0.15, 0.2) is 0 Å². The van der Waals surface area contributed by atoms with Gasteiger partial charge in [-0.3, -0.25) is 4.79 Å². The Hall–Kier alpha value is -0.350. The fraction of sp³-hybridized carbons (Fsp3) is 0.615. The van der Waals surface area contributed by atoms with Gasteiger partial charge in [0.1, 0.15) is 0 Å². The van der Waals surface area contributed by atoms with E-state index in [0.29, 0.717) is 13.0 Å². The van der Waals surface area contributed by atoms with Crippen LogP contribution in [-0.2, 0) is 11.3 Å². The first-order valence-corrected chi connectivity index (χ1v) is 7.90. The topological polar surface area (TPSA) is 29.1 Å². The van der Waals surface area contributed by atoms with E-state index in [1.54, 1.807) is 11.3 Å². The molecular formula is C13H20BrNOS. The molecule has 0 unspecified atom stereocenters. The summed E-state index contributed by atoms with van der Waals surface area (Å²) in [4.78, 5) is 12.7. The SMILES string of the molecule is CCCCCCCC(=O)NCc1sccc1Br. The normalized spacial score (nSPS) is 10.5. The van der Waals surface area contributed by atoms with Gasteiger partial charge in [-0.1, -0.05) is 32.6 Å². The summed E-state index contributed by atoms with van der Waals surface area (Å²) in [5.74, 6) is 0.168.